The first-order valence-electron chi connectivity index (χ1n) is 8.31. The summed E-state index contributed by atoms with van der Waals surface area (Å²) < 4.78 is 2.69. The highest BCUT2D eigenvalue weighted by Crippen LogP contribution is 2.21. The highest BCUT2D eigenvalue weighted by atomic mass is 16.6. The minimum atomic E-state index is -0.681. The third-order valence-corrected chi connectivity index (χ3v) is 3.96. The van der Waals surface area contributed by atoms with E-state index < -0.39 is 16.5 Å². The van der Waals surface area contributed by atoms with Gasteiger partial charge >= 0.3 is 5.69 Å². The van der Waals surface area contributed by atoms with Crippen LogP contribution in [0.25, 0.3) is 0 Å². The van der Waals surface area contributed by atoms with Crippen LogP contribution in [-0.4, -0.2) is 36.3 Å². The summed E-state index contributed by atoms with van der Waals surface area (Å²) in [6.45, 7) is 2.42. The van der Waals surface area contributed by atoms with Crippen LogP contribution in [0, 0.1) is 10.1 Å². The minimum absolute atomic E-state index is 0.175. The third-order valence-electron chi connectivity index (χ3n) is 3.96. The largest absolute Gasteiger partial charge is 0.321 e. The van der Waals surface area contributed by atoms with Gasteiger partial charge in [-0.3, -0.25) is 29.1 Å². The van der Waals surface area contributed by atoms with Crippen LogP contribution in [0.1, 0.15) is 27.9 Å². The second kappa shape index (κ2) is 7.70. The van der Waals surface area contributed by atoms with Crippen LogP contribution in [-0.2, 0) is 13.6 Å². The van der Waals surface area contributed by atoms with Crippen molar-refractivity contribution < 1.29 is 14.5 Å². The van der Waals surface area contributed by atoms with Crippen molar-refractivity contribution in [1.82, 2.24) is 19.6 Å². The molecule has 0 fully saturated rings. The van der Waals surface area contributed by atoms with E-state index in [-0.39, 0.29) is 11.6 Å². The maximum atomic E-state index is 12.4. The molecule has 0 saturated heterocycles. The molecule has 0 atom stereocenters. The van der Waals surface area contributed by atoms with Gasteiger partial charge in [0, 0.05) is 31.2 Å². The average molecular weight is 383 g/mol. The molecule has 2 heterocycles. The summed E-state index contributed by atoms with van der Waals surface area (Å²) in [4.78, 5) is 35.2. The number of carbonyl (C=O) groups is 2. The Morgan fingerprint density at radius 3 is 2.46 bits per heavy atom. The molecule has 0 aliphatic rings. The van der Waals surface area contributed by atoms with Crippen LogP contribution in [0.4, 0.5) is 17.1 Å². The SMILES string of the molecule is CCn1nccc1C(=O)Nc1cccc(NC(=O)c2c([N+](=O)[O-])cnn2C)c1. The Balaban J connectivity index is 1.77. The van der Waals surface area contributed by atoms with Crippen LogP contribution >= 0.6 is 0 Å². The smallest absolute Gasteiger partial charge is 0.320 e. The van der Waals surface area contributed by atoms with Gasteiger partial charge in [0.25, 0.3) is 11.8 Å². The number of carbonyl (C=O) groups excluding carboxylic acids is 2. The van der Waals surface area contributed by atoms with Gasteiger partial charge < -0.3 is 10.6 Å². The van der Waals surface area contributed by atoms with Crippen molar-refractivity contribution in [1.29, 1.82) is 0 Å². The standard InChI is InChI=1S/C17H17N7O4/c1-3-23-13(7-8-18-23)16(25)20-11-5-4-6-12(9-11)21-17(26)15-14(24(27)28)10-19-22(15)2/h4-10H,3H2,1-2H3,(H,20,25)(H,21,26). The number of amides is 2. The molecule has 2 N–H and O–H groups in total. The van der Waals surface area contributed by atoms with Gasteiger partial charge in [-0.25, -0.2) is 0 Å². The number of rotatable bonds is 6. The molecular weight excluding hydrogens is 366 g/mol. The molecule has 144 valence electrons. The lowest BCUT2D eigenvalue weighted by Gasteiger charge is -2.09. The first kappa shape index (κ1) is 18.8. The predicted molar refractivity (Wildman–Crippen MR) is 100 cm³/mol. The van der Waals surface area contributed by atoms with Gasteiger partial charge in [-0.2, -0.15) is 10.2 Å². The number of nitrogens with zero attached hydrogens (tertiary/aromatic N) is 5. The molecule has 28 heavy (non-hydrogen) atoms. The number of nitro groups is 1. The summed E-state index contributed by atoms with van der Waals surface area (Å²) in [5.41, 5.74) is 0.652. The average Bonchev–Trinajstić information content (AvgIpc) is 3.28. The van der Waals surface area contributed by atoms with Crippen molar-refractivity contribution in [3.8, 4) is 0 Å². The summed E-state index contributed by atoms with van der Waals surface area (Å²) in [6.07, 6.45) is 2.55. The van der Waals surface area contributed by atoms with Gasteiger partial charge in [-0.1, -0.05) is 6.07 Å². The summed E-state index contributed by atoms with van der Waals surface area (Å²) in [7, 11) is 1.44. The fourth-order valence-corrected chi connectivity index (χ4v) is 2.66. The van der Waals surface area contributed by atoms with Gasteiger partial charge in [-0.05, 0) is 31.2 Å². The molecule has 2 aromatic heterocycles. The highest BCUT2D eigenvalue weighted by Gasteiger charge is 2.25. The lowest BCUT2D eigenvalue weighted by Crippen LogP contribution is -2.19. The molecule has 0 spiro atoms. The molecular formula is C17H17N7O4. The Bertz CT molecular complexity index is 1050. The van der Waals surface area contributed by atoms with Crippen LogP contribution in [0.3, 0.4) is 0 Å². The third kappa shape index (κ3) is 3.72. The summed E-state index contributed by atoms with van der Waals surface area (Å²) in [6, 6.07) is 8.05. The van der Waals surface area contributed by atoms with Crippen LogP contribution in [0.15, 0.2) is 42.7 Å². The van der Waals surface area contributed by atoms with E-state index in [9.17, 15) is 19.7 Å². The number of anilines is 2. The van der Waals surface area contributed by atoms with Gasteiger partial charge in [0.1, 0.15) is 11.9 Å². The van der Waals surface area contributed by atoms with E-state index in [1.54, 1.807) is 35.0 Å². The second-order valence-corrected chi connectivity index (χ2v) is 5.78. The van der Waals surface area contributed by atoms with Gasteiger partial charge in [0.2, 0.25) is 5.69 Å². The fraction of sp³-hybridized carbons (Fsp3) is 0.176. The zero-order valence-electron chi connectivity index (χ0n) is 15.1. The number of hydrogen-bond acceptors (Lipinski definition) is 6. The van der Waals surface area contributed by atoms with Crippen LogP contribution in [0.5, 0.6) is 0 Å². The Hall–Kier alpha value is -4.02. The van der Waals surface area contributed by atoms with Crippen LogP contribution < -0.4 is 10.6 Å². The van der Waals surface area contributed by atoms with Crippen molar-refractivity contribution in [3.05, 3.63) is 64.2 Å². The molecule has 0 bridgehead atoms. The van der Waals surface area contributed by atoms with Gasteiger partial charge in [-0.15, -0.1) is 0 Å². The maximum Gasteiger partial charge on any atom is 0.320 e. The van der Waals surface area contributed by atoms with Crippen molar-refractivity contribution in [2.45, 2.75) is 13.5 Å². The summed E-state index contributed by atoms with van der Waals surface area (Å²) >= 11 is 0. The Morgan fingerprint density at radius 2 is 1.82 bits per heavy atom. The predicted octanol–water partition coefficient (Wildman–Crippen LogP) is 2.05. The van der Waals surface area contributed by atoms with Crippen molar-refractivity contribution in [2.75, 3.05) is 10.6 Å². The Morgan fingerprint density at radius 1 is 1.14 bits per heavy atom. The molecule has 0 aliphatic heterocycles. The number of benzene rings is 1. The molecule has 1 aromatic carbocycles. The van der Waals surface area contributed by atoms with E-state index in [0.717, 1.165) is 10.9 Å². The van der Waals surface area contributed by atoms with Crippen molar-refractivity contribution in [2.24, 2.45) is 7.05 Å². The van der Waals surface area contributed by atoms with E-state index in [1.807, 2.05) is 6.92 Å². The molecule has 3 aromatic rings. The summed E-state index contributed by atoms with van der Waals surface area (Å²) in [5.74, 6) is -1.02. The molecule has 11 heteroatoms. The highest BCUT2D eigenvalue weighted by molar-refractivity contribution is 6.06. The topological polar surface area (TPSA) is 137 Å². The Labute approximate surface area is 159 Å². The van der Waals surface area contributed by atoms with E-state index in [4.69, 9.17) is 0 Å². The van der Waals surface area contributed by atoms with E-state index >= 15 is 0 Å². The number of aryl methyl sites for hydroxylation is 2. The van der Waals surface area contributed by atoms with Gasteiger partial charge in [0.15, 0.2) is 0 Å². The van der Waals surface area contributed by atoms with E-state index in [2.05, 4.69) is 20.8 Å². The molecule has 0 radical (unpaired) electrons. The summed E-state index contributed by atoms with van der Waals surface area (Å²) in [5, 5.41) is 24.2. The number of nitrogens with one attached hydrogen (secondary N) is 2. The lowest BCUT2D eigenvalue weighted by molar-refractivity contribution is -0.385. The first-order chi connectivity index (χ1) is 13.4. The molecule has 2 amide bonds. The molecule has 0 saturated carbocycles. The lowest BCUT2D eigenvalue weighted by atomic mass is 10.2. The Kier molecular flexibility index (Phi) is 5.16. The zero-order chi connectivity index (χ0) is 20.3. The molecule has 3 rings (SSSR count). The molecule has 0 unspecified atom stereocenters. The van der Waals surface area contributed by atoms with E-state index in [1.165, 1.54) is 13.2 Å². The molecule has 11 nitrogen and oxygen atoms in total. The fourth-order valence-electron chi connectivity index (χ4n) is 2.66. The number of aromatic nitrogens is 4. The minimum Gasteiger partial charge on any atom is -0.321 e. The van der Waals surface area contributed by atoms with Crippen LogP contribution in [0.2, 0.25) is 0 Å². The zero-order valence-corrected chi connectivity index (χ0v) is 15.1. The number of hydrogen-bond donors (Lipinski definition) is 2. The normalized spacial score (nSPS) is 10.5. The maximum absolute atomic E-state index is 12.4. The van der Waals surface area contributed by atoms with Gasteiger partial charge in [0.05, 0.1) is 4.92 Å². The van der Waals surface area contributed by atoms with Crippen molar-refractivity contribution >= 4 is 28.9 Å². The van der Waals surface area contributed by atoms with Crippen molar-refractivity contribution in [3.63, 3.8) is 0 Å². The second-order valence-electron chi connectivity index (χ2n) is 5.78. The quantitative estimate of drug-likeness (QED) is 0.494. The first-order valence-corrected chi connectivity index (χ1v) is 8.31. The molecule has 0 aliphatic carbocycles. The monoisotopic (exact) mass is 383 g/mol. The van der Waals surface area contributed by atoms with E-state index in [0.29, 0.717) is 23.6 Å².